The molecule has 0 saturated carbocycles. The van der Waals surface area contributed by atoms with Crippen LogP contribution in [0.5, 0.6) is 0 Å². The average Bonchev–Trinajstić information content (AvgIpc) is 3.08. The molecule has 0 fully saturated rings. The van der Waals surface area contributed by atoms with Crippen LogP contribution in [-0.2, 0) is 6.54 Å². The summed E-state index contributed by atoms with van der Waals surface area (Å²) < 4.78 is 5.24. The monoisotopic (exact) mass is 308 g/mol. The summed E-state index contributed by atoms with van der Waals surface area (Å²) in [7, 11) is 0. The molecule has 116 valence electrons. The molecule has 0 atom stereocenters. The number of nitrogens with zero attached hydrogens (tertiary/aromatic N) is 1. The van der Waals surface area contributed by atoms with Gasteiger partial charge < -0.3 is 15.1 Å². The molecule has 23 heavy (non-hydrogen) atoms. The molecular weight excluding hydrogens is 292 g/mol. The molecule has 3 aromatic rings. The van der Waals surface area contributed by atoms with Crippen LogP contribution in [0.1, 0.15) is 5.76 Å². The van der Waals surface area contributed by atoms with Crippen LogP contribution in [-0.4, -0.2) is 11.0 Å². The molecule has 0 aliphatic rings. The maximum atomic E-state index is 11.9. The zero-order valence-corrected chi connectivity index (χ0v) is 12.3. The van der Waals surface area contributed by atoms with Gasteiger partial charge in [-0.25, -0.2) is 9.78 Å². The smallest absolute Gasteiger partial charge is 0.324 e. The predicted octanol–water partition coefficient (Wildman–Crippen LogP) is 3.93. The number of para-hydroxylation sites is 1. The van der Waals surface area contributed by atoms with E-state index in [0.29, 0.717) is 12.4 Å². The Morgan fingerprint density at radius 1 is 0.957 bits per heavy atom. The summed E-state index contributed by atoms with van der Waals surface area (Å²) in [5.41, 5.74) is 1.57. The standard InChI is InChI=1S/C17H16N4O2/c22-17(20-13-5-2-1-3-6-13)21-16-9-8-14(11-19-16)18-12-15-7-4-10-23-15/h1-11,18H,12H2,(H2,19,20,21,22). The number of nitrogens with one attached hydrogen (secondary N) is 3. The minimum Gasteiger partial charge on any atom is -0.467 e. The lowest BCUT2D eigenvalue weighted by Crippen LogP contribution is -2.19. The molecule has 0 unspecified atom stereocenters. The Kier molecular flexibility index (Phi) is 4.54. The summed E-state index contributed by atoms with van der Waals surface area (Å²) in [5.74, 6) is 1.32. The van der Waals surface area contributed by atoms with Gasteiger partial charge in [-0.05, 0) is 36.4 Å². The summed E-state index contributed by atoms with van der Waals surface area (Å²) in [6, 6.07) is 16.2. The minimum absolute atomic E-state index is 0.333. The second-order valence-corrected chi connectivity index (χ2v) is 4.81. The normalized spacial score (nSPS) is 10.1. The summed E-state index contributed by atoms with van der Waals surface area (Å²) in [6.07, 6.45) is 3.29. The molecule has 6 heteroatoms. The fourth-order valence-corrected chi connectivity index (χ4v) is 1.97. The Bertz CT molecular complexity index is 740. The molecule has 2 aromatic heterocycles. The van der Waals surface area contributed by atoms with Gasteiger partial charge >= 0.3 is 6.03 Å². The third-order valence-corrected chi connectivity index (χ3v) is 3.08. The van der Waals surface area contributed by atoms with Crippen molar-refractivity contribution in [2.45, 2.75) is 6.54 Å². The van der Waals surface area contributed by atoms with Gasteiger partial charge in [-0.3, -0.25) is 5.32 Å². The number of anilines is 3. The number of rotatable bonds is 5. The number of amides is 2. The van der Waals surface area contributed by atoms with E-state index in [1.54, 1.807) is 18.5 Å². The first-order valence-corrected chi connectivity index (χ1v) is 7.15. The van der Waals surface area contributed by atoms with Crippen LogP contribution in [0.15, 0.2) is 71.5 Å². The predicted molar refractivity (Wildman–Crippen MR) is 89.4 cm³/mol. The van der Waals surface area contributed by atoms with Gasteiger partial charge in [-0.15, -0.1) is 0 Å². The van der Waals surface area contributed by atoms with E-state index in [-0.39, 0.29) is 6.03 Å². The molecule has 0 saturated heterocycles. The number of carbonyl (C=O) groups excluding carboxylic acids is 1. The van der Waals surface area contributed by atoms with E-state index in [2.05, 4.69) is 20.9 Å². The molecule has 0 spiro atoms. The maximum Gasteiger partial charge on any atom is 0.324 e. The van der Waals surface area contributed by atoms with Crippen molar-refractivity contribution in [3.05, 3.63) is 72.8 Å². The highest BCUT2D eigenvalue weighted by molar-refractivity contribution is 5.99. The number of hydrogen-bond acceptors (Lipinski definition) is 4. The Balaban J connectivity index is 1.51. The molecule has 1 aromatic carbocycles. The maximum absolute atomic E-state index is 11.9. The highest BCUT2D eigenvalue weighted by Crippen LogP contribution is 2.12. The van der Waals surface area contributed by atoms with Gasteiger partial charge in [-0.1, -0.05) is 18.2 Å². The van der Waals surface area contributed by atoms with Crippen molar-refractivity contribution in [3.63, 3.8) is 0 Å². The van der Waals surface area contributed by atoms with Crippen molar-refractivity contribution in [1.29, 1.82) is 0 Å². The van der Waals surface area contributed by atoms with Crippen molar-refractivity contribution >= 4 is 23.2 Å². The average molecular weight is 308 g/mol. The quantitative estimate of drug-likeness (QED) is 0.667. The Labute approximate surface area is 133 Å². The lowest BCUT2D eigenvalue weighted by molar-refractivity contribution is 0.262. The molecule has 3 N–H and O–H groups in total. The van der Waals surface area contributed by atoms with Crippen LogP contribution in [0.4, 0.5) is 22.0 Å². The van der Waals surface area contributed by atoms with Crippen LogP contribution in [0, 0.1) is 0 Å². The van der Waals surface area contributed by atoms with Gasteiger partial charge in [0.25, 0.3) is 0 Å². The van der Waals surface area contributed by atoms with Gasteiger partial charge in [0, 0.05) is 5.69 Å². The third kappa shape index (κ3) is 4.34. The van der Waals surface area contributed by atoms with E-state index in [0.717, 1.165) is 17.1 Å². The summed E-state index contributed by atoms with van der Waals surface area (Å²) >= 11 is 0. The lowest BCUT2D eigenvalue weighted by atomic mass is 10.3. The fraction of sp³-hybridized carbons (Fsp3) is 0.0588. The van der Waals surface area contributed by atoms with Crippen molar-refractivity contribution in [1.82, 2.24) is 4.98 Å². The van der Waals surface area contributed by atoms with Crippen LogP contribution in [0.25, 0.3) is 0 Å². The molecule has 2 amide bonds. The van der Waals surface area contributed by atoms with Gasteiger partial charge in [0.05, 0.1) is 24.7 Å². The Morgan fingerprint density at radius 2 is 1.83 bits per heavy atom. The SMILES string of the molecule is O=C(Nc1ccccc1)Nc1ccc(NCc2ccco2)cn1. The summed E-state index contributed by atoms with van der Waals surface area (Å²) in [6.45, 7) is 0.579. The van der Waals surface area contributed by atoms with Crippen LogP contribution in [0.2, 0.25) is 0 Å². The molecule has 6 nitrogen and oxygen atoms in total. The Hall–Kier alpha value is -3.28. The third-order valence-electron chi connectivity index (χ3n) is 3.08. The number of urea groups is 1. The van der Waals surface area contributed by atoms with E-state index in [9.17, 15) is 4.79 Å². The van der Waals surface area contributed by atoms with E-state index < -0.39 is 0 Å². The second kappa shape index (κ2) is 7.13. The molecule has 0 bridgehead atoms. The Morgan fingerprint density at radius 3 is 2.52 bits per heavy atom. The van der Waals surface area contributed by atoms with E-state index in [1.807, 2.05) is 48.5 Å². The number of hydrogen-bond donors (Lipinski definition) is 3. The molecule has 0 aliphatic carbocycles. The van der Waals surface area contributed by atoms with Crippen LogP contribution >= 0.6 is 0 Å². The molecule has 2 heterocycles. The summed E-state index contributed by atoms with van der Waals surface area (Å²) in [4.78, 5) is 16.1. The first-order chi connectivity index (χ1) is 11.3. The van der Waals surface area contributed by atoms with E-state index in [1.165, 1.54) is 0 Å². The van der Waals surface area contributed by atoms with Crippen LogP contribution < -0.4 is 16.0 Å². The largest absolute Gasteiger partial charge is 0.467 e. The number of benzene rings is 1. The molecule has 0 radical (unpaired) electrons. The fourth-order valence-electron chi connectivity index (χ4n) is 1.97. The van der Waals surface area contributed by atoms with Crippen molar-refractivity contribution in [3.8, 4) is 0 Å². The minimum atomic E-state index is -0.333. The van der Waals surface area contributed by atoms with E-state index in [4.69, 9.17) is 4.42 Å². The highest BCUT2D eigenvalue weighted by atomic mass is 16.3. The van der Waals surface area contributed by atoms with Gasteiger partial charge in [0.15, 0.2) is 0 Å². The van der Waals surface area contributed by atoms with Crippen LogP contribution in [0.3, 0.4) is 0 Å². The topological polar surface area (TPSA) is 79.2 Å². The molecule has 0 aliphatic heterocycles. The van der Waals surface area contributed by atoms with E-state index >= 15 is 0 Å². The number of carbonyl (C=O) groups is 1. The zero-order chi connectivity index (χ0) is 15.9. The van der Waals surface area contributed by atoms with Gasteiger partial charge in [-0.2, -0.15) is 0 Å². The number of aromatic nitrogens is 1. The van der Waals surface area contributed by atoms with Gasteiger partial charge in [0.1, 0.15) is 11.6 Å². The first kappa shape index (κ1) is 14.6. The second-order valence-electron chi connectivity index (χ2n) is 4.81. The zero-order valence-electron chi connectivity index (χ0n) is 12.3. The first-order valence-electron chi connectivity index (χ1n) is 7.15. The van der Waals surface area contributed by atoms with Crippen molar-refractivity contribution in [2.75, 3.05) is 16.0 Å². The van der Waals surface area contributed by atoms with Crippen molar-refractivity contribution < 1.29 is 9.21 Å². The number of furan rings is 1. The molecular formula is C17H16N4O2. The number of pyridine rings is 1. The lowest BCUT2D eigenvalue weighted by Gasteiger charge is -2.08. The summed E-state index contributed by atoms with van der Waals surface area (Å²) in [5, 5.41) is 8.59. The van der Waals surface area contributed by atoms with Crippen molar-refractivity contribution in [2.24, 2.45) is 0 Å². The molecule has 3 rings (SSSR count). The highest BCUT2D eigenvalue weighted by Gasteiger charge is 2.03. The van der Waals surface area contributed by atoms with Gasteiger partial charge in [0.2, 0.25) is 0 Å².